The largest absolute Gasteiger partial charge is 0.349 e. The molecule has 4 heteroatoms. The van der Waals surface area contributed by atoms with Gasteiger partial charge < -0.3 is 11.1 Å². The Hall–Kier alpha value is -0.870. The van der Waals surface area contributed by atoms with Gasteiger partial charge in [-0.2, -0.15) is 0 Å². The van der Waals surface area contributed by atoms with E-state index in [1.165, 1.54) is 4.88 Å². The molecule has 1 fully saturated rings. The normalized spacial score (nSPS) is 20.1. The second-order valence-corrected chi connectivity index (χ2v) is 6.03. The number of carbonyl (C=O) groups is 1. The van der Waals surface area contributed by atoms with E-state index < -0.39 is 0 Å². The van der Waals surface area contributed by atoms with Crippen molar-refractivity contribution in [1.82, 2.24) is 5.32 Å². The summed E-state index contributed by atoms with van der Waals surface area (Å²) in [4.78, 5) is 13.1. The number of hydrogen-bond acceptors (Lipinski definition) is 3. The highest BCUT2D eigenvalue weighted by Gasteiger charge is 2.31. The third-order valence-corrected chi connectivity index (χ3v) is 4.51. The number of amides is 1. The average molecular weight is 252 g/mol. The van der Waals surface area contributed by atoms with Crippen molar-refractivity contribution in [3.05, 3.63) is 22.4 Å². The van der Waals surface area contributed by atoms with Crippen LogP contribution in [0.5, 0.6) is 0 Å². The molecule has 1 aromatic rings. The van der Waals surface area contributed by atoms with E-state index in [1.54, 1.807) is 11.3 Å². The minimum atomic E-state index is -0.251. The van der Waals surface area contributed by atoms with Gasteiger partial charge in [0, 0.05) is 16.8 Å². The van der Waals surface area contributed by atoms with Gasteiger partial charge in [-0.25, -0.2) is 0 Å². The van der Waals surface area contributed by atoms with Crippen LogP contribution in [0.4, 0.5) is 0 Å². The molecule has 0 spiro atoms. The van der Waals surface area contributed by atoms with E-state index in [4.69, 9.17) is 5.73 Å². The van der Waals surface area contributed by atoms with E-state index in [-0.39, 0.29) is 17.5 Å². The monoisotopic (exact) mass is 252 g/mol. The molecule has 3 nitrogen and oxygen atoms in total. The van der Waals surface area contributed by atoms with E-state index in [0.717, 1.165) is 25.7 Å². The van der Waals surface area contributed by atoms with E-state index in [1.807, 2.05) is 24.4 Å². The van der Waals surface area contributed by atoms with Gasteiger partial charge in [0.15, 0.2) is 0 Å². The third-order valence-electron chi connectivity index (χ3n) is 3.46. The van der Waals surface area contributed by atoms with Gasteiger partial charge in [-0.05, 0) is 31.2 Å². The fourth-order valence-corrected chi connectivity index (χ4v) is 3.21. The van der Waals surface area contributed by atoms with Crippen molar-refractivity contribution >= 4 is 17.2 Å². The Balaban J connectivity index is 1.85. The van der Waals surface area contributed by atoms with Crippen LogP contribution in [-0.4, -0.2) is 11.4 Å². The molecule has 17 heavy (non-hydrogen) atoms. The molecule has 1 aliphatic carbocycles. The molecule has 0 saturated heterocycles. The standard InChI is InChI=1S/C13H20N2OS/c1-10(11-5-4-8-17-11)15-12(16)9-13(14)6-2-3-7-13/h4-5,8,10H,2-3,6-7,9,14H2,1H3,(H,15,16)/t10-/m1/s1. The first-order chi connectivity index (χ1) is 8.09. The molecule has 0 radical (unpaired) electrons. The van der Waals surface area contributed by atoms with E-state index in [2.05, 4.69) is 5.32 Å². The van der Waals surface area contributed by atoms with Crippen molar-refractivity contribution < 1.29 is 4.79 Å². The molecule has 0 bridgehead atoms. The van der Waals surface area contributed by atoms with Crippen molar-refractivity contribution in [2.24, 2.45) is 5.73 Å². The fraction of sp³-hybridized carbons (Fsp3) is 0.615. The van der Waals surface area contributed by atoms with Crippen LogP contribution in [-0.2, 0) is 4.79 Å². The topological polar surface area (TPSA) is 55.1 Å². The zero-order chi connectivity index (χ0) is 12.3. The van der Waals surface area contributed by atoms with Gasteiger partial charge in [-0.3, -0.25) is 4.79 Å². The lowest BCUT2D eigenvalue weighted by atomic mass is 9.94. The van der Waals surface area contributed by atoms with Gasteiger partial charge in [0.1, 0.15) is 0 Å². The van der Waals surface area contributed by atoms with Gasteiger partial charge in [0.2, 0.25) is 5.91 Å². The molecule has 1 heterocycles. The molecule has 1 aromatic heterocycles. The van der Waals surface area contributed by atoms with E-state index in [0.29, 0.717) is 6.42 Å². The molecule has 1 atom stereocenters. The van der Waals surface area contributed by atoms with Crippen LogP contribution in [0.2, 0.25) is 0 Å². The Morgan fingerprint density at radius 3 is 2.88 bits per heavy atom. The number of nitrogens with two attached hydrogens (primary N) is 1. The lowest BCUT2D eigenvalue weighted by Crippen LogP contribution is -2.42. The predicted molar refractivity (Wildman–Crippen MR) is 70.9 cm³/mol. The summed E-state index contributed by atoms with van der Waals surface area (Å²) in [6.45, 7) is 2.02. The van der Waals surface area contributed by atoms with Gasteiger partial charge >= 0.3 is 0 Å². The van der Waals surface area contributed by atoms with Crippen LogP contribution < -0.4 is 11.1 Å². The fourth-order valence-electron chi connectivity index (χ4n) is 2.48. The Labute approximate surface area is 106 Å². The summed E-state index contributed by atoms with van der Waals surface area (Å²) in [5.41, 5.74) is 5.95. The molecule has 0 unspecified atom stereocenters. The molecule has 0 aromatic carbocycles. The smallest absolute Gasteiger partial charge is 0.222 e. The molecule has 1 aliphatic rings. The van der Waals surface area contributed by atoms with Crippen LogP contribution in [0.25, 0.3) is 0 Å². The molecular formula is C13H20N2OS. The minimum Gasteiger partial charge on any atom is -0.349 e. The van der Waals surface area contributed by atoms with Crippen LogP contribution in [0.15, 0.2) is 17.5 Å². The highest BCUT2D eigenvalue weighted by atomic mass is 32.1. The average Bonchev–Trinajstić information content (AvgIpc) is 2.88. The zero-order valence-corrected chi connectivity index (χ0v) is 11.1. The zero-order valence-electron chi connectivity index (χ0n) is 10.2. The molecule has 0 aliphatic heterocycles. The second kappa shape index (κ2) is 5.19. The van der Waals surface area contributed by atoms with E-state index >= 15 is 0 Å². The summed E-state index contributed by atoms with van der Waals surface area (Å²) in [5, 5.41) is 5.05. The predicted octanol–water partition coefficient (Wildman–Crippen LogP) is 2.59. The molecule has 1 saturated carbocycles. The molecular weight excluding hydrogens is 232 g/mol. The summed E-state index contributed by atoms with van der Waals surface area (Å²) in [7, 11) is 0. The first-order valence-electron chi connectivity index (χ1n) is 6.21. The summed E-state index contributed by atoms with van der Waals surface area (Å²) in [6, 6.07) is 4.14. The first kappa shape index (κ1) is 12.6. The highest BCUT2D eigenvalue weighted by Crippen LogP contribution is 2.30. The summed E-state index contributed by atoms with van der Waals surface area (Å²) in [6.07, 6.45) is 4.73. The Kier molecular flexibility index (Phi) is 3.84. The van der Waals surface area contributed by atoms with Crippen molar-refractivity contribution in [2.75, 3.05) is 0 Å². The summed E-state index contributed by atoms with van der Waals surface area (Å²) in [5.74, 6) is 0.0790. The number of rotatable bonds is 4. The molecule has 3 N–H and O–H groups in total. The van der Waals surface area contributed by atoms with Crippen LogP contribution in [0.1, 0.15) is 49.9 Å². The number of hydrogen-bond donors (Lipinski definition) is 2. The maximum atomic E-state index is 11.9. The van der Waals surface area contributed by atoms with Gasteiger partial charge in [0.25, 0.3) is 0 Å². The van der Waals surface area contributed by atoms with Gasteiger partial charge in [-0.1, -0.05) is 18.9 Å². The Morgan fingerprint density at radius 1 is 1.59 bits per heavy atom. The SMILES string of the molecule is C[C@@H](NC(=O)CC1(N)CCCC1)c1cccs1. The number of carbonyl (C=O) groups excluding carboxylic acids is 1. The van der Waals surface area contributed by atoms with Gasteiger partial charge in [-0.15, -0.1) is 11.3 Å². The highest BCUT2D eigenvalue weighted by molar-refractivity contribution is 7.10. The van der Waals surface area contributed by atoms with Crippen molar-refractivity contribution in [1.29, 1.82) is 0 Å². The van der Waals surface area contributed by atoms with E-state index in [9.17, 15) is 4.79 Å². The van der Waals surface area contributed by atoms with Crippen LogP contribution in [0, 0.1) is 0 Å². The maximum absolute atomic E-state index is 11.9. The Bertz CT molecular complexity index is 369. The lowest BCUT2D eigenvalue weighted by molar-refractivity contribution is -0.122. The third kappa shape index (κ3) is 3.30. The Morgan fingerprint density at radius 2 is 2.29 bits per heavy atom. The summed E-state index contributed by atoms with van der Waals surface area (Å²) >= 11 is 1.67. The quantitative estimate of drug-likeness (QED) is 0.865. The van der Waals surface area contributed by atoms with Crippen molar-refractivity contribution in [2.45, 2.75) is 50.6 Å². The van der Waals surface area contributed by atoms with Gasteiger partial charge in [0.05, 0.1) is 6.04 Å². The second-order valence-electron chi connectivity index (χ2n) is 5.05. The van der Waals surface area contributed by atoms with Crippen molar-refractivity contribution in [3.8, 4) is 0 Å². The molecule has 2 rings (SSSR count). The number of nitrogens with one attached hydrogen (secondary N) is 1. The first-order valence-corrected chi connectivity index (χ1v) is 7.09. The van der Waals surface area contributed by atoms with Crippen LogP contribution >= 0.6 is 11.3 Å². The maximum Gasteiger partial charge on any atom is 0.222 e. The summed E-state index contributed by atoms with van der Waals surface area (Å²) < 4.78 is 0. The minimum absolute atomic E-state index is 0.0790. The molecule has 1 amide bonds. The van der Waals surface area contributed by atoms with Crippen LogP contribution in [0.3, 0.4) is 0 Å². The number of thiophene rings is 1. The van der Waals surface area contributed by atoms with Crippen molar-refractivity contribution in [3.63, 3.8) is 0 Å². The lowest BCUT2D eigenvalue weighted by Gasteiger charge is -2.23. The molecule has 94 valence electrons.